The molecule has 0 aliphatic rings. The summed E-state index contributed by atoms with van der Waals surface area (Å²) < 4.78 is 28.2. The Morgan fingerprint density at radius 1 is 0.862 bits per heavy atom. The topological polar surface area (TPSA) is 75.3 Å². The highest BCUT2D eigenvalue weighted by atomic mass is 35.5. The van der Waals surface area contributed by atoms with Gasteiger partial charge in [-0.05, 0) is 86.0 Å². The molecule has 0 heterocycles. The number of carbonyl (C=O) groups excluding carboxylic acids is 1. The zero-order valence-corrected chi connectivity index (χ0v) is 17.9. The van der Waals surface area contributed by atoms with E-state index in [9.17, 15) is 13.2 Å². The monoisotopic (exact) mass is 428 g/mol. The number of amides is 1. The Balaban J connectivity index is 1.82. The Kier molecular flexibility index (Phi) is 5.96. The van der Waals surface area contributed by atoms with E-state index >= 15 is 0 Å². The highest BCUT2D eigenvalue weighted by molar-refractivity contribution is 7.92. The lowest BCUT2D eigenvalue weighted by Gasteiger charge is -2.14. The fourth-order valence-corrected chi connectivity index (χ4v) is 4.14. The number of sulfonamides is 1. The molecule has 7 heteroatoms. The van der Waals surface area contributed by atoms with Gasteiger partial charge in [-0.3, -0.25) is 9.52 Å². The maximum absolute atomic E-state index is 12.8. The second kappa shape index (κ2) is 8.27. The van der Waals surface area contributed by atoms with Gasteiger partial charge in [-0.1, -0.05) is 23.7 Å². The molecular formula is C22H21ClN2O3S. The van der Waals surface area contributed by atoms with Crippen LogP contribution in [0.4, 0.5) is 11.4 Å². The summed E-state index contributed by atoms with van der Waals surface area (Å²) >= 11 is 5.84. The third-order valence-electron chi connectivity index (χ3n) is 4.71. The molecule has 1 amide bonds. The standard InChI is InChI=1S/C22H21ClN2O3S/c1-14-5-4-6-21(16(14)3)25-29(27,28)19-11-12-20(15(2)13-19)24-22(26)17-7-9-18(23)10-8-17/h4-13,25H,1-3H3,(H,24,26). The molecule has 2 N–H and O–H groups in total. The van der Waals surface area contributed by atoms with E-state index in [2.05, 4.69) is 10.0 Å². The molecule has 3 aromatic rings. The van der Waals surface area contributed by atoms with Crippen molar-refractivity contribution in [2.24, 2.45) is 0 Å². The maximum Gasteiger partial charge on any atom is 0.261 e. The molecule has 0 aromatic heterocycles. The number of nitrogens with one attached hydrogen (secondary N) is 2. The first kappa shape index (κ1) is 20.9. The van der Waals surface area contributed by atoms with Crippen molar-refractivity contribution >= 4 is 38.9 Å². The molecule has 3 rings (SSSR count). The van der Waals surface area contributed by atoms with Crippen molar-refractivity contribution in [3.8, 4) is 0 Å². The van der Waals surface area contributed by atoms with Crippen LogP contribution in [0.15, 0.2) is 65.6 Å². The second-order valence-corrected chi connectivity index (χ2v) is 8.91. The summed E-state index contributed by atoms with van der Waals surface area (Å²) in [5, 5.41) is 3.34. The van der Waals surface area contributed by atoms with Gasteiger partial charge in [0.05, 0.1) is 10.6 Å². The van der Waals surface area contributed by atoms with Crippen molar-refractivity contribution in [2.75, 3.05) is 10.0 Å². The fraction of sp³-hybridized carbons (Fsp3) is 0.136. The Morgan fingerprint density at radius 3 is 2.21 bits per heavy atom. The van der Waals surface area contributed by atoms with Crippen LogP contribution in [0.1, 0.15) is 27.0 Å². The van der Waals surface area contributed by atoms with Crippen LogP contribution in [-0.2, 0) is 10.0 Å². The molecule has 5 nitrogen and oxygen atoms in total. The average Bonchev–Trinajstić information content (AvgIpc) is 2.67. The van der Waals surface area contributed by atoms with Crippen molar-refractivity contribution in [3.63, 3.8) is 0 Å². The molecule has 150 valence electrons. The summed E-state index contributed by atoms with van der Waals surface area (Å²) in [5.74, 6) is -0.297. The molecule has 0 saturated heterocycles. The van der Waals surface area contributed by atoms with Crippen molar-refractivity contribution in [1.29, 1.82) is 0 Å². The number of halogens is 1. The summed E-state index contributed by atoms with van der Waals surface area (Å²) in [7, 11) is -3.75. The summed E-state index contributed by atoms with van der Waals surface area (Å²) in [6, 6.07) is 16.6. The maximum atomic E-state index is 12.8. The van der Waals surface area contributed by atoms with E-state index in [-0.39, 0.29) is 10.8 Å². The minimum absolute atomic E-state index is 0.125. The number of benzene rings is 3. The van der Waals surface area contributed by atoms with Gasteiger partial charge in [0.2, 0.25) is 0 Å². The van der Waals surface area contributed by atoms with Gasteiger partial charge in [-0.15, -0.1) is 0 Å². The predicted molar refractivity (Wildman–Crippen MR) is 117 cm³/mol. The van der Waals surface area contributed by atoms with Gasteiger partial charge in [-0.2, -0.15) is 0 Å². The van der Waals surface area contributed by atoms with Gasteiger partial charge in [0, 0.05) is 16.3 Å². The van der Waals surface area contributed by atoms with Gasteiger partial charge in [0.1, 0.15) is 0 Å². The van der Waals surface area contributed by atoms with Gasteiger partial charge < -0.3 is 5.32 Å². The highest BCUT2D eigenvalue weighted by Gasteiger charge is 2.17. The van der Waals surface area contributed by atoms with Crippen LogP contribution >= 0.6 is 11.6 Å². The SMILES string of the molecule is Cc1cc(S(=O)(=O)Nc2cccc(C)c2C)ccc1NC(=O)c1ccc(Cl)cc1. The highest BCUT2D eigenvalue weighted by Crippen LogP contribution is 2.25. The van der Waals surface area contributed by atoms with E-state index in [1.807, 2.05) is 19.9 Å². The average molecular weight is 429 g/mol. The van der Waals surface area contributed by atoms with Gasteiger partial charge in [0.25, 0.3) is 15.9 Å². The predicted octanol–water partition coefficient (Wildman–Crippen LogP) is 5.32. The molecule has 0 aliphatic heterocycles. The number of aryl methyl sites for hydroxylation is 2. The Hall–Kier alpha value is -2.83. The van der Waals surface area contributed by atoms with Crippen LogP contribution < -0.4 is 10.0 Å². The lowest BCUT2D eigenvalue weighted by molar-refractivity contribution is 0.102. The quantitative estimate of drug-likeness (QED) is 0.577. The summed E-state index contributed by atoms with van der Waals surface area (Å²) in [6.45, 7) is 5.54. The lowest BCUT2D eigenvalue weighted by atomic mass is 10.1. The molecule has 0 unspecified atom stereocenters. The molecule has 0 saturated carbocycles. The Bertz CT molecular complexity index is 1170. The van der Waals surface area contributed by atoms with E-state index in [0.29, 0.717) is 27.5 Å². The van der Waals surface area contributed by atoms with Crippen LogP contribution in [0, 0.1) is 20.8 Å². The Morgan fingerprint density at radius 2 is 1.55 bits per heavy atom. The molecule has 0 atom stereocenters. The summed E-state index contributed by atoms with van der Waals surface area (Å²) in [5.41, 5.74) is 4.05. The van der Waals surface area contributed by atoms with E-state index in [1.54, 1.807) is 49.4 Å². The third kappa shape index (κ3) is 4.78. The van der Waals surface area contributed by atoms with Crippen LogP contribution in [0.2, 0.25) is 5.02 Å². The van der Waals surface area contributed by atoms with Gasteiger partial charge >= 0.3 is 0 Å². The molecule has 29 heavy (non-hydrogen) atoms. The van der Waals surface area contributed by atoms with Crippen molar-refractivity contribution in [2.45, 2.75) is 25.7 Å². The first-order valence-corrected chi connectivity index (χ1v) is 10.8. The van der Waals surface area contributed by atoms with Crippen LogP contribution in [0.5, 0.6) is 0 Å². The molecular weight excluding hydrogens is 408 g/mol. The van der Waals surface area contributed by atoms with Crippen molar-refractivity contribution in [1.82, 2.24) is 0 Å². The number of hydrogen-bond donors (Lipinski definition) is 2. The van der Waals surface area contributed by atoms with E-state index in [4.69, 9.17) is 11.6 Å². The zero-order chi connectivity index (χ0) is 21.2. The first-order chi connectivity index (χ1) is 13.7. The molecule has 0 bridgehead atoms. The van der Waals surface area contributed by atoms with Crippen molar-refractivity contribution < 1.29 is 13.2 Å². The molecule has 0 fully saturated rings. The van der Waals surface area contributed by atoms with E-state index in [0.717, 1.165) is 11.1 Å². The largest absolute Gasteiger partial charge is 0.322 e. The van der Waals surface area contributed by atoms with Crippen LogP contribution in [0.25, 0.3) is 0 Å². The minimum atomic E-state index is -3.75. The third-order valence-corrected chi connectivity index (χ3v) is 6.33. The number of carbonyl (C=O) groups is 1. The number of hydrogen-bond acceptors (Lipinski definition) is 3. The van der Waals surface area contributed by atoms with Crippen molar-refractivity contribution in [3.05, 3.63) is 87.9 Å². The minimum Gasteiger partial charge on any atom is -0.322 e. The fourth-order valence-electron chi connectivity index (χ4n) is 2.80. The molecule has 0 radical (unpaired) electrons. The lowest BCUT2D eigenvalue weighted by Crippen LogP contribution is -2.16. The zero-order valence-electron chi connectivity index (χ0n) is 16.3. The second-order valence-electron chi connectivity index (χ2n) is 6.79. The van der Waals surface area contributed by atoms with E-state index < -0.39 is 10.0 Å². The van der Waals surface area contributed by atoms with Crippen LogP contribution in [-0.4, -0.2) is 14.3 Å². The molecule has 3 aromatic carbocycles. The summed E-state index contributed by atoms with van der Waals surface area (Å²) in [6.07, 6.45) is 0. The smallest absolute Gasteiger partial charge is 0.261 e. The van der Waals surface area contributed by atoms with Crippen LogP contribution in [0.3, 0.4) is 0 Å². The van der Waals surface area contributed by atoms with E-state index in [1.165, 1.54) is 12.1 Å². The molecule has 0 aliphatic carbocycles. The normalized spacial score (nSPS) is 11.2. The number of rotatable bonds is 5. The van der Waals surface area contributed by atoms with Gasteiger partial charge in [-0.25, -0.2) is 8.42 Å². The summed E-state index contributed by atoms with van der Waals surface area (Å²) in [4.78, 5) is 12.5. The Labute approximate surface area is 175 Å². The molecule has 0 spiro atoms. The van der Waals surface area contributed by atoms with Gasteiger partial charge in [0.15, 0.2) is 0 Å². The first-order valence-electron chi connectivity index (χ1n) is 8.94. The number of anilines is 2.